The summed E-state index contributed by atoms with van der Waals surface area (Å²) in [5.74, 6) is 0.223. The zero-order valence-corrected chi connectivity index (χ0v) is 14.9. The van der Waals surface area contributed by atoms with Gasteiger partial charge in [0.15, 0.2) is 9.84 Å². The van der Waals surface area contributed by atoms with Gasteiger partial charge >= 0.3 is 0 Å². The fourth-order valence-corrected chi connectivity index (χ4v) is 4.44. The Bertz CT molecular complexity index is 895. The Morgan fingerprint density at radius 1 is 1.20 bits per heavy atom. The van der Waals surface area contributed by atoms with Crippen molar-refractivity contribution in [1.82, 2.24) is 15.3 Å². The van der Waals surface area contributed by atoms with Gasteiger partial charge in [0, 0.05) is 11.7 Å². The van der Waals surface area contributed by atoms with Crippen LogP contribution >= 0.6 is 0 Å². The minimum absolute atomic E-state index is 0.0154. The first-order valence-corrected chi connectivity index (χ1v) is 9.82. The van der Waals surface area contributed by atoms with Gasteiger partial charge in [-0.1, -0.05) is 17.7 Å². The van der Waals surface area contributed by atoms with E-state index in [4.69, 9.17) is 0 Å². The smallest absolute Gasteiger partial charge is 0.271 e. The summed E-state index contributed by atoms with van der Waals surface area (Å²) >= 11 is 0. The van der Waals surface area contributed by atoms with Crippen molar-refractivity contribution in [2.75, 3.05) is 16.8 Å². The molecule has 25 heavy (non-hydrogen) atoms. The molecule has 1 aliphatic rings. The number of hydrogen-bond donors (Lipinski definition) is 2. The lowest BCUT2D eigenvalue weighted by Crippen LogP contribution is -2.36. The fourth-order valence-electron chi connectivity index (χ4n) is 2.77. The van der Waals surface area contributed by atoms with E-state index in [-0.39, 0.29) is 23.2 Å². The number of amides is 1. The van der Waals surface area contributed by atoms with Crippen LogP contribution in [0.4, 0.5) is 11.5 Å². The van der Waals surface area contributed by atoms with Crippen LogP contribution in [-0.4, -0.2) is 41.8 Å². The van der Waals surface area contributed by atoms with E-state index in [1.165, 1.54) is 18.0 Å². The Balaban J connectivity index is 1.64. The number of benzene rings is 1. The van der Waals surface area contributed by atoms with Crippen LogP contribution in [0.25, 0.3) is 0 Å². The Hall–Kier alpha value is -2.48. The summed E-state index contributed by atoms with van der Waals surface area (Å²) in [6.07, 6.45) is 3.30. The second-order valence-electron chi connectivity index (χ2n) is 6.30. The highest BCUT2D eigenvalue weighted by Gasteiger charge is 2.29. The number of anilines is 2. The van der Waals surface area contributed by atoms with Crippen LogP contribution in [0.1, 0.15) is 28.0 Å². The summed E-state index contributed by atoms with van der Waals surface area (Å²) in [6.45, 7) is 4.03. The monoisotopic (exact) mass is 360 g/mol. The van der Waals surface area contributed by atoms with Crippen LogP contribution in [0.2, 0.25) is 0 Å². The number of nitrogens with zero attached hydrogens (tertiary/aromatic N) is 2. The lowest BCUT2D eigenvalue weighted by atomic mass is 10.1. The molecule has 0 bridgehead atoms. The Morgan fingerprint density at radius 3 is 2.60 bits per heavy atom. The second-order valence-corrected chi connectivity index (χ2v) is 8.53. The molecule has 1 fully saturated rings. The number of aryl methyl sites for hydroxylation is 2. The van der Waals surface area contributed by atoms with Gasteiger partial charge in [0.25, 0.3) is 5.91 Å². The van der Waals surface area contributed by atoms with Crippen molar-refractivity contribution in [2.45, 2.75) is 26.3 Å². The van der Waals surface area contributed by atoms with Crippen molar-refractivity contribution in [3.05, 3.63) is 47.4 Å². The zero-order valence-electron chi connectivity index (χ0n) is 14.1. The first kappa shape index (κ1) is 17.3. The number of rotatable bonds is 4. The van der Waals surface area contributed by atoms with E-state index in [2.05, 4.69) is 26.7 Å². The molecule has 1 aromatic carbocycles. The molecule has 1 aliphatic heterocycles. The van der Waals surface area contributed by atoms with Crippen LogP contribution < -0.4 is 10.6 Å². The third-order valence-electron chi connectivity index (χ3n) is 4.10. The molecule has 1 amide bonds. The molecule has 0 aliphatic carbocycles. The number of nitrogens with one attached hydrogen (secondary N) is 2. The van der Waals surface area contributed by atoms with Crippen molar-refractivity contribution >= 4 is 27.2 Å². The molecule has 2 heterocycles. The molecule has 3 rings (SSSR count). The van der Waals surface area contributed by atoms with Crippen molar-refractivity contribution in [2.24, 2.45) is 0 Å². The maximum atomic E-state index is 12.1. The largest absolute Gasteiger partial charge is 0.347 e. The van der Waals surface area contributed by atoms with Gasteiger partial charge in [-0.2, -0.15) is 0 Å². The molecule has 132 valence electrons. The summed E-state index contributed by atoms with van der Waals surface area (Å²) in [5, 5.41) is 5.86. The second kappa shape index (κ2) is 6.79. The summed E-state index contributed by atoms with van der Waals surface area (Å²) in [6, 6.07) is 5.67. The van der Waals surface area contributed by atoms with Gasteiger partial charge in [-0.05, 0) is 31.9 Å². The van der Waals surface area contributed by atoms with Gasteiger partial charge in [0.1, 0.15) is 11.5 Å². The first-order chi connectivity index (χ1) is 11.8. The number of aromatic nitrogens is 2. The van der Waals surface area contributed by atoms with Crippen molar-refractivity contribution in [1.29, 1.82) is 0 Å². The third-order valence-corrected chi connectivity index (χ3v) is 5.86. The third kappa shape index (κ3) is 4.33. The Labute approximate surface area is 146 Å². The fraction of sp³-hybridized carbons (Fsp3) is 0.353. The summed E-state index contributed by atoms with van der Waals surface area (Å²) < 4.78 is 22.9. The highest BCUT2D eigenvalue weighted by Crippen LogP contribution is 2.19. The molecule has 1 aromatic heterocycles. The average Bonchev–Trinajstić information content (AvgIpc) is 2.89. The molecule has 7 nitrogen and oxygen atoms in total. The maximum absolute atomic E-state index is 12.1. The lowest BCUT2D eigenvalue weighted by Gasteiger charge is -2.11. The van der Waals surface area contributed by atoms with Crippen LogP contribution in [0.15, 0.2) is 30.6 Å². The van der Waals surface area contributed by atoms with Crippen molar-refractivity contribution in [3.8, 4) is 0 Å². The van der Waals surface area contributed by atoms with Gasteiger partial charge in [0.05, 0.1) is 23.9 Å². The van der Waals surface area contributed by atoms with E-state index >= 15 is 0 Å². The Kier molecular flexibility index (Phi) is 4.71. The molecule has 1 saturated heterocycles. The molecule has 0 spiro atoms. The van der Waals surface area contributed by atoms with E-state index in [0.29, 0.717) is 12.2 Å². The standard InChI is InChI=1S/C17H20N4O3S/c1-11-3-4-14(12(2)7-11)21-16-9-18-15(8-19-16)17(22)20-13-5-6-25(23,24)10-13/h3-4,7-9,13H,5-6,10H2,1-2H3,(H,19,21)(H,20,22). The Morgan fingerprint density at radius 2 is 2.00 bits per heavy atom. The molecule has 8 heteroatoms. The van der Waals surface area contributed by atoms with Gasteiger partial charge < -0.3 is 10.6 Å². The molecule has 1 atom stereocenters. The number of carbonyl (C=O) groups is 1. The van der Waals surface area contributed by atoms with Crippen LogP contribution in [0.5, 0.6) is 0 Å². The lowest BCUT2D eigenvalue weighted by molar-refractivity contribution is 0.0935. The molecule has 2 aromatic rings. The van der Waals surface area contributed by atoms with Crippen LogP contribution in [-0.2, 0) is 9.84 Å². The van der Waals surface area contributed by atoms with E-state index in [0.717, 1.165) is 11.3 Å². The number of sulfone groups is 1. The van der Waals surface area contributed by atoms with Crippen LogP contribution in [0, 0.1) is 13.8 Å². The normalized spacial score (nSPS) is 18.7. The molecule has 2 N–H and O–H groups in total. The summed E-state index contributed by atoms with van der Waals surface area (Å²) in [7, 11) is -3.03. The predicted molar refractivity (Wildman–Crippen MR) is 95.8 cm³/mol. The minimum Gasteiger partial charge on any atom is -0.347 e. The van der Waals surface area contributed by atoms with E-state index in [1.807, 2.05) is 26.0 Å². The summed E-state index contributed by atoms with van der Waals surface area (Å²) in [5.41, 5.74) is 3.35. The topological polar surface area (TPSA) is 101 Å². The minimum atomic E-state index is -3.03. The molecule has 0 saturated carbocycles. The van der Waals surface area contributed by atoms with Crippen LogP contribution in [0.3, 0.4) is 0 Å². The van der Waals surface area contributed by atoms with E-state index in [9.17, 15) is 13.2 Å². The molecular weight excluding hydrogens is 340 g/mol. The van der Waals surface area contributed by atoms with Gasteiger partial charge in [-0.25, -0.2) is 18.4 Å². The molecule has 1 unspecified atom stereocenters. The zero-order chi connectivity index (χ0) is 18.0. The SMILES string of the molecule is Cc1ccc(Nc2cnc(C(=O)NC3CCS(=O)(=O)C3)cn2)c(C)c1. The van der Waals surface area contributed by atoms with E-state index < -0.39 is 15.7 Å². The highest BCUT2D eigenvalue weighted by molar-refractivity contribution is 7.91. The number of hydrogen-bond acceptors (Lipinski definition) is 6. The van der Waals surface area contributed by atoms with Gasteiger partial charge in [0.2, 0.25) is 0 Å². The number of carbonyl (C=O) groups excluding carboxylic acids is 1. The van der Waals surface area contributed by atoms with Crippen molar-refractivity contribution in [3.63, 3.8) is 0 Å². The van der Waals surface area contributed by atoms with Gasteiger partial charge in [-0.15, -0.1) is 0 Å². The summed E-state index contributed by atoms with van der Waals surface area (Å²) in [4.78, 5) is 20.5. The highest BCUT2D eigenvalue weighted by atomic mass is 32.2. The molecule has 0 radical (unpaired) electrons. The molecular formula is C17H20N4O3S. The van der Waals surface area contributed by atoms with E-state index in [1.54, 1.807) is 0 Å². The quantitative estimate of drug-likeness (QED) is 0.861. The predicted octanol–water partition coefficient (Wildman–Crippen LogP) is 1.75. The average molecular weight is 360 g/mol. The first-order valence-electron chi connectivity index (χ1n) is 8.00. The van der Waals surface area contributed by atoms with Crippen molar-refractivity contribution < 1.29 is 13.2 Å². The maximum Gasteiger partial charge on any atom is 0.271 e. The van der Waals surface area contributed by atoms with Gasteiger partial charge in [-0.3, -0.25) is 4.79 Å².